The van der Waals surface area contributed by atoms with E-state index in [-0.39, 0.29) is 81.7 Å². The number of ether oxygens (including phenoxy) is 3. The number of likely N-dealkylation sites (N-methyl/N-ethyl adjacent to an activating group) is 3. The Morgan fingerprint density at radius 2 is 1.02 bits per heavy atom. The predicted molar refractivity (Wildman–Crippen MR) is 207 cm³/mol. The molecule has 3 aliphatic rings. The van der Waals surface area contributed by atoms with Crippen LogP contribution in [-0.2, 0) is 38.3 Å². The van der Waals surface area contributed by atoms with Gasteiger partial charge in [-0.2, -0.15) is 0 Å². The molecular weight excluding hydrogens is 781 g/mol. The van der Waals surface area contributed by atoms with E-state index < -0.39 is 12.1 Å². The Hall–Kier alpha value is -0.314. The summed E-state index contributed by atoms with van der Waals surface area (Å²) in [7, 11) is 5.89. The Bertz CT molecular complexity index is 1350. The van der Waals surface area contributed by atoms with Gasteiger partial charge in [0.15, 0.2) is 6.10 Å². The van der Waals surface area contributed by atoms with Gasteiger partial charge in [0.05, 0.1) is 19.8 Å². The van der Waals surface area contributed by atoms with Crippen LogP contribution < -0.4 is 67.3 Å². The number of hydrogen-bond acceptors (Lipinski definition) is 12. The van der Waals surface area contributed by atoms with Crippen molar-refractivity contribution in [2.75, 3.05) is 60.6 Å². The van der Waals surface area contributed by atoms with Crippen molar-refractivity contribution in [1.82, 2.24) is 16.0 Å². The number of aliphatic carboxylic acids is 1. The topological polar surface area (TPSA) is 151 Å². The number of carbonyl (C=O) groups is 1. The van der Waals surface area contributed by atoms with Gasteiger partial charge < -0.3 is 45.9 Å². The van der Waals surface area contributed by atoms with Crippen molar-refractivity contribution in [1.29, 1.82) is 0 Å². The van der Waals surface area contributed by atoms with E-state index >= 15 is 0 Å². The maximum Gasteiger partial charge on any atom is 1.00 e. The summed E-state index contributed by atoms with van der Waals surface area (Å²) in [4.78, 5) is 14.5. The first kappa shape index (κ1) is 50.7. The maximum absolute atomic E-state index is 10.2. The third-order valence-corrected chi connectivity index (χ3v) is 11.0. The van der Waals surface area contributed by atoms with Gasteiger partial charge in [0.2, 0.25) is 0 Å². The molecule has 280 valence electrons. The van der Waals surface area contributed by atoms with Crippen molar-refractivity contribution >= 4 is 64.8 Å². The maximum atomic E-state index is 10.2. The van der Waals surface area contributed by atoms with E-state index in [0.29, 0.717) is 23.9 Å². The van der Waals surface area contributed by atoms with Crippen molar-refractivity contribution < 1.29 is 86.1 Å². The molecule has 4 aromatic rings. The first-order valence-electron chi connectivity index (χ1n) is 15.9. The van der Waals surface area contributed by atoms with Gasteiger partial charge in [-0.05, 0) is 97.0 Å². The molecule has 0 radical (unpaired) electrons. The molecule has 0 bridgehead atoms. The van der Waals surface area contributed by atoms with Crippen LogP contribution in [0.25, 0.3) is 0 Å². The quantitative estimate of drug-likeness (QED) is 0.168. The number of carboxylic acids is 1. The summed E-state index contributed by atoms with van der Waals surface area (Å²) in [5.41, 5.74) is 4.84. The molecule has 6 N–H and O–H groups in total. The number of aliphatic hydroxyl groups excluding tert-OH is 1. The van der Waals surface area contributed by atoms with E-state index in [9.17, 15) is 4.79 Å². The summed E-state index contributed by atoms with van der Waals surface area (Å²) in [6, 6.07) is 14.9. The van der Waals surface area contributed by atoms with Crippen molar-refractivity contribution in [3.8, 4) is 0 Å². The van der Waals surface area contributed by atoms with Crippen LogP contribution in [0.15, 0.2) is 64.7 Å². The Labute approximate surface area is 368 Å². The molecular formula is C35H50Cl2KN3O7S3. The summed E-state index contributed by atoms with van der Waals surface area (Å²) in [5, 5.41) is 33.3. The van der Waals surface area contributed by atoms with Crippen molar-refractivity contribution in [2.45, 2.75) is 43.7 Å². The van der Waals surface area contributed by atoms with Crippen LogP contribution in [0.1, 0.15) is 61.3 Å². The fourth-order valence-corrected chi connectivity index (χ4v) is 8.47. The molecule has 4 atom stereocenters. The number of carboxylic acid groups (broad SMARTS) is 1. The van der Waals surface area contributed by atoms with Crippen molar-refractivity contribution in [3.05, 3.63) is 102 Å². The fraction of sp³-hybridized carbons (Fsp3) is 0.457. The number of benzene rings is 1. The van der Waals surface area contributed by atoms with Crippen LogP contribution in [0.3, 0.4) is 0 Å². The second-order valence-electron chi connectivity index (χ2n) is 11.1. The molecule has 0 aliphatic carbocycles. The monoisotopic (exact) mass is 829 g/mol. The number of aliphatic hydroxyl groups is 1. The smallest absolute Gasteiger partial charge is 0.870 e. The average Bonchev–Trinajstić information content (AvgIpc) is 3.88. The SMILES string of the molecule is CNC[C@@H]1OCCc2ccsc21.CNC[C@@H]1OCCc2ccsc21.CNC[C@@H]1OCCc2ccsc21.Cl.Cl.O=C(O)[C@H](O)c1ccccc1.[K+].[OH-]. The normalized spacial score (nSPS) is 18.4. The first-order chi connectivity index (χ1) is 23.0. The minimum Gasteiger partial charge on any atom is -0.870 e. The largest absolute Gasteiger partial charge is 1.00 e. The molecule has 7 rings (SSSR count). The van der Waals surface area contributed by atoms with Crippen LogP contribution in [0.4, 0.5) is 0 Å². The molecule has 10 nitrogen and oxygen atoms in total. The number of thiophene rings is 3. The second-order valence-corrected chi connectivity index (χ2v) is 13.9. The molecule has 0 spiro atoms. The summed E-state index contributed by atoms with van der Waals surface area (Å²) < 4.78 is 17.0. The van der Waals surface area contributed by atoms with Gasteiger partial charge in [0.1, 0.15) is 18.3 Å². The van der Waals surface area contributed by atoms with E-state index in [0.717, 1.165) is 58.7 Å². The molecule has 0 saturated heterocycles. The van der Waals surface area contributed by atoms with Crippen molar-refractivity contribution in [2.24, 2.45) is 0 Å². The van der Waals surface area contributed by atoms with Crippen LogP contribution in [-0.4, -0.2) is 82.3 Å². The molecule has 0 amide bonds. The molecule has 0 fully saturated rings. The molecule has 3 aromatic heterocycles. The molecule has 3 aliphatic heterocycles. The van der Waals surface area contributed by atoms with E-state index in [1.165, 1.54) is 31.3 Å². The third kappa shape index (κ3) is 15.8. The molecule has 51 heavy (non-hydrogen) atoms. The van der Waals surface area contributed by atoms with Crippen LogP contribution in [0.5, 0.6) is 0 Å². The predicted octanol–water partition coefficient (Wildman–Crippen LogP) is 3.22. The zero-order valence-corrected chi connectivity index (χ0v) is 36.7. The van der Waals surface area contributed by atoms with E-state index in [1.807, 2.05) is 55.2 Å². The van der Waals surface area contributed by atoms with Crippen LogP contribution in [0, 0.1) is 0 Å². The molecule has 6 heterocycles. The molecule has 0 saturated carbocycles. The Morgan fingerprint density at radius 1 is 0.686 bits per heavy atom. The number of rotatable bonds is 8. The summed E-state index contributed by atoms with van der Waals surface area (Å²) in [5.74, 6) is -1.23. The van der Waals surface area contributed by atoms with E-state index in [1.54, 1.807) is 30.3 Å². The molecule has 0 unspecified atom stereocenters. The fourth-order valence-electron chi connectivity index (χ4n) is 5.46. The molecule has 16 heteroatoms. The number of fused-ring (bicyclic) bond motifs is 3. The number of hydrogen-bond donors (Lipinski definition) is 5. The summed E-state index contributed by atoms with van der Waals surface area (Å²) >= 11 is 5.43. The zero-order chi connectivity index (χ0) is 33.4. The minimum absolute atomic E-state index is 0. The first-order valence-corrected chi connectivity index (χ1v) is 18.5. The standard InChI is InChI=1S/3C9H13NOS.C8H8O3.2ClH.K.H2O/c3*1-10-6-8-9-7(2-4-11-8)3-5-12-9;9-7(8(10)11)6-4-2-1-3-5-6;;;;/h3*3,5,8,10H,2,4,6H2,1H3;1-5,7,9H,(H,10,11);2*1H;;1H2/q;;;;;;+1;/p-1/t3*8-;7-;;;;/m0001..../s1. The molecule has 1 aromatic carbocycles. The van der Waals surface area contributed by atoms with Gasteiger partial charge in [-0.25, -0.2) is 4.79 Å². The van der Waals surface area contributed by atoms with Crippen LogP contribution in [0.2, 0.25) is 0 Å². The Balaban J connectivity index is 0.000000637. The van der Waals surface area contributed by atoms with Crippen molar-refractivity contribution in [3.63, 3.8) is 0 Å². The second kappa shape index (κ2) is 28.1. The summed E-state index contributed by atoms with van der Waals surface area (Å²) in [6.45, 7) is 5.39. The minimum atomic E-state index is -1.41. The van der Waals surface area contributed by atoms with Gasteiger partial charge in [-0.3, -0.25) is 0 Å². The van der Waals surface area contributed by atoms with Gasteiger partial charge in [-0.15, -0.1) is 58.8 Å². The van der Waals surface area contributed by atoms with E-state index in [2.05, 4.69) is 50.3 Å². The Kier molecular flexibility index (Phi) is 28.0. The van der Waals surface area contributed by atoms with Gasteiger partial charge in [0.25, 0.3) is 0 Å². The van der Waals surface area contributed by atoms with E-state index in [4.69, 9.17) is 24.4 Å². The third-order valence-electron chi connectivity index (χ3n) is 7.81. The zero-order valence-electron chi connectivity index (χ0n) is 29.5. The van der Waals surface area contributed by atoms with Gasteiger partial charge >= 0.3 is 57.4 Å². The number of nitrogens with one attached hydrogen (secondary N) is 3. The van der Waals surface area contributed by atoms with Gasteiger partial charge in [-0.1, -0.05) is 30.3 Å². The Morgan fingerprint density at radius 3 is 1.31 bits per heavy atom. The van der Waals surface area contributed by atoms with Crippen LogP contribution >= 0.6 is 58.8 Å². The van der Waals surface area contributed by atoms with Gasteiger partial charge in [0, 0.05) is 34.3 Å². The average molecular weight is 831 g/mol. The number of halogens is 2. The summed E-state index contributed by atoms with van der Waals surface area (Å²) in [6.07, 6.45) is 2.71.